The summed E-state index contributed by atoms with van der Waals surface area (Å²) in [7, 11) is 0. The maximum atomic E-state index is 12.5. The average Bonchev–Trinajstić information content (AvgIpc) is 3.12. The molecule has 0 bridgehead atoms. The molecule has 2 N–H and O–H groups in total. The molecule has 6 heteroatoms. The van der Waals surface area contributed by atoms with Crippen LogP contribution >= 0.6 is 0 Å². The molecule has 29 heavy (non-hydrogen) atoms. The highest BCUT2D eigenvalue weighted by Crippen LogP contribution is 2.59. The number of carbonyl (C=O) groups excluding carboxylic acids is 1. The van der Waals surface area contributed by atoms with Gasteiger partial charge in [-0.25, -0.2) is 0 Å². The van der Waals surface area contributed by atoms with Crippen molar-refractivity contribution < 1.29 is 9.21 Å². The van der Waals surface area contributed by atoms with Crippen molar-refractivity contribution in [3.05, 3.63) is 66.2 Å². The molecule has 1 aromatic carbocycles. The number of nitrogens with zero attached hydrogens (tertiary/aromatic N) is 2. The van der Waals surface area contributed by atoms with E-state index in [9.17, 15) is 4.79 Å². The summed E-state index contributed by atoms with van der Waals surface area (Å²) in [5.74, 6) is 1.14. The number of hydrogen-bond donors (Lipinski definition) is 2. The molecule has 0 radical (unpaired) electrons. The largest absolute Gasteiger partial charge is 0.467 e. The highest BCUT2D eigenvalue weighted by Gasteiger charge is 2.58. The summed E-state index contributed by atoms with van der Waals surface area (Å²) in [6.45, 7) is 3.43. The van der Waals surface area contributed by atoms with Crippen LogP contribution in [0.4, 0.5) is 0 Å². The van der Waals surface area contributed by atoms with Crippen LogP contribution in [0, 0.1) is 11.3 Å². The Balaban J connectivity index is 1.14. The first kappa shape index (κ1) is 18.2. The SMILES string of the molecule is O=C(NCc1ccco1)[C@@H]1CC12CCN(Cc1cn[nH]c1-c1ccccc1)CC2. The number of aromatic nitrogens is 2. The van der Waals surface area contributed by atoms with Gasteiger partial charge in [0.1, 0.15) is 5.76 Å². The van der Waals surface area contributed by atoms with Gasteiger partial charge in [0.15, 0.2) is 0 Å². The van der Waals surface area contributed by atoms with E-state index in [1.807, 2.05) is 24.4 Å². The zero-order valence-corrected chi connectivity index (χ0v) is 16.4. The van der Waals surface area contributed by atoms with Gasteiger partial charge in [-0.2, -0.15) is 5.10 Å². The van der Waals surface area contributed by atoms with Crippen LogP contribution in [-0.4, -0.2) is 34.1 Å². The summed E-state index contributed by atoms with van der Waals surface area (Å²) in [5, 5.41) is 10.5. The third kappa shape index (κ3) is 3.72. The second kappa shape index (κ2) is 7.52. The summed E-state index contributed by atoms with van der Waals surface area (Å²) in [4.78, 5) is 15.0. The summed E-state index contributed by atoms with van der Waals surface area (Å²) >= 11 is 0. The van der Waals surface area contributed by atoms with Gasteiger partial charge in [-0.15, -0.1) is 0 Å². The highest BCUT2D eigenvalue weighted by atomic mass is 16.3. The first-order valence-corrected chi connectivity index (χ1v) is 10.3. The number of rotatable bonds is 6. The van der Waals surface area contributed by atoms with Gasteiger partial charge in [0.2, 0.25) is 5.91 Å². The van der Waals surface area contributed by atoms with Crippen LogP contribution in [0.15, 0.2) is 59.3 Å². The van der Waals surface area contributed by atoms with Gasteiger partial charge in [0, 0.05) is 18.0 Å². The fraction of sp³-hybridized carbons (Fsp3) is 0.391. The molecule has 2 aliphatic rings. The zero-order chi connectivity index (χ0) is 19.7. The fourth-order valence-electron chi connectivity index (χ4n) is 4.66. The zero-order valence-electron chi connectivity index (χ0n) is 16.4. The molecule has 1 spiro atoms. The Hall–Kier alpha value is -2.86. The predicted molar refractivity (Wildman–Crippen MR) is 110 cm³/mol. The number of amides is 1. The van der Waals surface area contributed by atoms with Crippen LogP contribution in [0.5, 0.6) is 0 Å². The number of furan rings is 1. The monoisotopic (exact) mass is 390 g/mol. The van der Waals surface area contributed by atoms with Gasteiger partial charge in [-0.05, 0) is 55.5 Å². The molecule has 1 amide bonds. The van der Waals surface area contributed by atoms with Crippen molar-refractivity contribution in [2.45, 2.75) is 32.4 Å². The lowest BCUT2D eigenvalue weighted by Crippen LogP contribution is -2.36. The molecule has 0 unspecified atom stereocenters. The van der Waals surface area contributed by atoms with Crippen molar-refractivity contribution in [1.82, 2.24) is 20.4 Å². The minimum Gasteiger partial charge on any atom is -0.467 e. The minimum absolute atomic E-state index is 0.161. The van der Waals surface area contributed by atoms with Crippen molar-refractivity contribution in [3.63, 3.8) is 0 Å². The van der Waals surface area contributed by atoms with Crippen LogP contribution in [0.3, 0.4) is 0 Å². The van der Waals surface area contributed by atoms with Gasteiger partial charge in [0.05, 0.1) is 24.7 Å². The second-order valence-corrected chi connectivity index (χ2v) is 8.33. The van der Waals surface area contributed by atoms with Gasteiger partial charge < -0.3 is 9.73 Å². The molecular weight excluding hydrogens is 364 g/mol. The Kier molecular flexibility index (Phi) is 4.72. The van der Waals surface area contributed by atoms with E-state index < -0.39 is 0 Å². The third-order valence-corrected chi connectivity index (χ3v) is 6.55. The standard InChI is InChI=1S/C23H26N4O2/c28-22(24-15-19-7-4-12-29-19)20-13-23(20)8-10-27(11-9-23)16-18-14-25-26-21(18)17-5-2-1-3-6-17/h1-7,12,14,20H,8-11,13,15-16H2,(H,24,28)(H,25,26)/t20-/m0/s1. The van der Waals surface area contributed by atoms with Crippen LogP contribution in [0.25, 0.3) is 11.3 Å². The van der Waals surface area contributed by atoms with E-state index in [-0.39, 0.29) is 17.2 Å². The van der Waals surface area contributed by atoms with E-state index in [0.29, 0.717) is 6.54 Å². The van der Waals surface area contributed by atoms with E-state index in [0.717, 1.165) is 50.4 Å². The number of nitrogens with one attached hydrogen (secondary N) is 2. The lowest BCUT2D eigenvalue weighted by Gasteiger charge is -2.32. The lowest BCUT2D eigenvalue weighted by molar-refractivity contribution is -0.123. The molecule has 5 rings (SSSR count). The molecule has 1 aliphatic heterocycles. The van der Waals surface area contributed by atoms with E-state index in [1.54, 1.807) is 6.26 Å². The number of aromatic amines is 1. The molecule has 6 nitrogen and oxygen atoms in total. The predicted octanol–water partition coefficient (Wildman–Crippen LogP) is 3.59. The van der Waals surface area contributed by atoms with Crippen molar-refractivity contribution in [1.29, 1.82) is 0 Å². The molecule has 1 atom stereocenters. The second-order valence-electron chi connectivity index (χ2n) is 8.33. The van der Waals surface area contributed by atoms with E-state index in [2.05, 4.69) is 44.7 Å². The van der Waals surface area contributed by atoms with Crippen LogP contribution in [-0.2, 0) is 17.9 Å². The first-order valence-electron chi connectivity index (χ1n) is 10.3. The first-order chi connectivity index (χ1) is 14.2. The van der Waals surface area contributed by atoms with Gasteiger partial charge in [-0.3, -0.25) is 14.8 Å². The molecule has 1 saturated heterocycles. The molecule has 2 fully saturated rings. The summed E-state index contributed by atoms with van der Waals surface area (Å²) < 4.78 is 5.30. The Morgan fingerprint density at radius 2 is 2.03 bits per heavy atom. The van der Waals surface area contributed by atoms with Crippen molar-refractivity contribution in [2.75, 3.05) is 13.1 Å². The molecule has 1 saturated carbocycles. The maximum absolute atomic E-state index is 12.5. The van der Waals surface area contributed by atoms with Gasteiger partial charge in [-0.1, -0.05) is 30.3 Å². The van der Waals surface area contributed by atoms with Crippen LogP contribution in [0.2, 0.25) is 0 Å². The molecule has 3 aromatic rings. The van der Waals surface area contributed by atoms with E-state index in [1.165, 1.54) is 11.1 Å². The molecule has 2 aromatic heterocycles. The maximum Gasteiger partial charge on any atom is 0.224 e. The number of carbonyl (C=O) groups is 1. The minimum atomic E-state index is 0.161. The quantitative estimate of drug-likeness (QED) is 0.675. The van der Waals surface area contributed by atoms with E-state index >= 15 is 0 Å². The summed E-state index contributed by atoms with van der Waals surface area (Å²) in [6.07, 6.45) is 6.77. The smallest absolute Gasteiger partial charge is 0.224 e. The lowest BCUT2D eigenvalue weighted by atomic mass is 9.90. The Morgan fingerprint density at radius 1 is 1.21 bits per heavy atom. The van der Waals surface area contributed by atoms with Gasteiger partial charge in [0.25, 0.3) is 0 Å². The topological polar surface area (TPSA) is 74.2 Å². The molecular formula is C23H26N4O2. The Bertz CT molecular complexity index is 956. The van der Waals surface area contributed by atoms with Crippen molar-refractivity contribution in [2.24, 2.45) is 11.3 Å². The van der Waals surface area contributed by atoms with Crippen molar-refractivity contribution in [3.8, 4) is 11.3 Å². The number of benzene rings is 1. The number of likely N-dealkylation sites (tertiary alicyclic amines) is 1. The normalized spacial score (nSPS) is 20.6. The van der Waals surface area contributed by atoms with Crippen molar-refractivity contribution >= 4 is 5.91 Å². The summed E-state index contributed by atoms with van der Waals surface area (Å²) in [5.41, 5.74) is 3.72. The molecule has 1 aliphatic carbocycles. The average molecular weight is 390 g/mol. The van der Waals surface area contributed by atoms with Crippen LogP contribution < -0.4 is 5.32 Å². The number of H-pyrrole nitrogens is 1. The number of hydrogen-bond acceptors (Lipinski definition) is 4. The van der Waals surface area contributed by atoms with E-state index in [4.69, 9.17) is 4.42 Å². The molecule has 150 valence electrons. The number of piperidine rings is 1. The third-order valence-electron chi connectivity index (χ3n) is 6.55. The Morgan fingerprint density at radius 3 is 2.79 bits per heavy atom. The molecule has 3 heterocycles. The van der Waals surface area contributed by atoms with Gasteiger partial charge >= 0.3 is 0 Å². The fourth-order valence-corrected chi connectivity index (χ4v) is 4.66. The summed E-state index contributed by atoms with van der Waals surface area (Å²) in [6, 6.07) is 14.1. The van der Waals surface area contributed by atoms with Crippen LogP contribution in [0.1, 0.15) is 30.6 Å². The highest BCUT2D eigenvalue weighted by molar-refractivity contribution is 5.82. The Labute approximate surface area is 170 Å².